The standard InChI is InChI=1S/C16H21N5OS/c1-10-19-14-11(6-7-17-16(14)22)15(20-10)18-9-12(21(2)3)13-5-4-8-23-13/h4-5,8,12H,6-7,9H2,1-3H3,(H,17,22)(H,18,19,20). The van der Waals surface area contributed by atoms with E-state index >= 15 is 0 Å². The zero-order valence-electron chi connectivity index (χ0n) is 13.6. The highest BCUT2D eigenvalue weighted by Gasteiger charge is 2.24. The summed E-state index contributed by atoms with van der Waals surface area (Å²) in [5, 5.41) is 8.36. The Hall–Kier alpha value is -1.99. The molecule has 2 N–H and O–H groups in total. The summed E-state index contributed by atoms with van der Waals surface area (Å²) in [6, 6.07) is 4.47. The van der Waals surface area contributed by atoms with E-state index in [1.807, 2.05) is 6.92 Å². The predicted octanol–water partition coefficient (Wildman–Crippen LogP) is 1.85. The van der Waals surface area contributed by atoms with Gasteiger partial charge in [-0.3, -0.25) is 4.79 Å². The molecule has 7 heteroatoms. The lowest BCUT2D eigenvalue weighted by molar-refractivity contribution is 0.0940. The van der Waals surface area contributed by atoms with Gasteiger partial charge in [-0.1, -0.05) is 6.07 Å². The topological polar surface area (TPSA) is 70.2 Å². The van der Waals surface area contributed by atoms with Gasteiger partial charge in [-0.25, -0.2) is 9.97 Å². The van der Waals surface area contributed by atoms with Crippen molar-refractivity contribution < 1.29 is 4.79 Å². The van der Waals surface area contributed by atoms with Gasteiger partial charge in [-0.05, 0) is 38.9 Å². The van der Waals surface area contributed by atoms with Gasteiger partial charge < -0.3 is 15.5 Å². The highest BCUT2D eigenvalue weighted by Crippen LogP contribution is 2.25. The van der Waals surface area contributed by atoms with E-state index in [4.69, 9.17) is 0 Å². The van der Waals surface area contributed by atoms with Gasteiger partial charge >= 0.3 is 0 Å². The molecule has 0 aliphatic carbocycles. The van der Waals surface area contributed by atoms with E-state index in [0.29, 0.717) is 18.1 Å². The van der Waals surface area contributed by atoms with Gasteiger partial charge in [0.1, 0.15) is 17.3 Å². The number of likely N-dealkylation sites (N-methyl/N-ethyl adjacent to an activating group) is 1. The summed E-state index contributed by atoms with van der Waals surface area (Å²) in [7, 11) is 4.14. The second-order valence-corrected chi connectivity index (χ2v) is 6.81. The van der Waals surface area contributed by atoms with Crippen LogP contribution in [0.15, 0.2) is 17.5 Å². The summed E-state index contributed by atoms with van der Waals surface area (Å²) < 4.78 is 0. The Kier molecular flexibility index (Phi) is 4.58. The molecule has 0 aromatic carbocycles. The third kappa shape index (κ3) is 3.35. The van der Waals surface area contributed by atoms with Crippen LogP contribution in [0.5, 0.6) is 0 Å². The molecule has 0 saturated carbocycles. The molecule has 3 heterocycles. The number of aryl methyl sites for hydroxylation is 1. The first-order valence-corrected chi connectivity index (χ1v) is 8.53. The van der Waals surface area contributed by atoms with Crippen molar-refractivity contribution in [2.45, 2.75) is 19.4 Å². The molecule has 0 fully saturated rings. The Balaban J connectivity index is 1.84. The molecule has 1 aliphatic rings. The fraction of sp³-hybridized carbons (Fsp3) is 0.438. The molecule has 0 radical (unpaired) electrons. The monoisotopic (exact) mass is 331 g/mol. The zero-order valence-corrected chi connectivity index (χ0v) is 14.4. The van der Waals surface area contributed by atoms with Gasteiger partial charge in [-0.2, -0.15) is 0 Å². The van der Waals surface area contributed by atoms with E-state index in [0.717, 1.165) is 24.3 Å². The lowest BCUT2D eigenvalue weighted by Gasteiger charge is -2.25. The summed E-state index contributed by atoms with van der Waals surface area (Å²) in [5.74, 6) is 1.29. The Bertz CT molecular complexity index is 699. The Morgan fingerprint density at radius 2 is 2.26 bits per heavy atom. The lowest BCUT2D eigenvalue weighted by atomic mass is 10.1. The minimum Gasteiger partial charge on any atom is -0.368 e. The van der Waals surface area contributed by atoms with Gasteiger partial charge in [0.25, 0.3) is 5.91 Å². The molecule has 2 aromatic rings. The SMILES string of the molecule is Cc1nc(NCC(c2cccs2)N(C)C)c2c(n1)C(=O)NCC2. The molecule has 2 aromatic heterocycles. The minimum absolute atomic E-state index is 0.109. The van der Waals surface area contributed by atoms with Crippen LogP contribution in [0.2, 0.25) is 0 Å². The van der Waals surface area contributed by atoms with Crippen molar-refractivity contribution in [3.63, 3.8) is 0 Å². The minimum atomic E-state index is -0.109. The van der Waals surface area contributed by atoms with Crippen LogP contribution in [-0.4, -0.2) is 48.0 Å². The zero-order chi connectivity index (χ0) is 16.4. The van der Waals surface area contributed by atoms with Crippen LogP contribution in [0, 0.1) is 6.92 Å². The summed E-state index contributed by atoms with van der Waals surface area (Å²) in [4.78, 5) is 24.3. The maximum atomic E-state index is 12.0. The maximum Gasteiger partial charge on any atom is 0.270 e. The molecule has 1 unspecified atom stereocenters. The molecule has 6 nitrogen and oxygen atoms in total. The van der Waals surface area contributed by atoms with E-state index in [2.05, 4.69) is 57.1 Å². The Morgan fingerprint density at radius 1 is 1.43 bits per heavy atom. The number of nitrogens with one attached hydrogen (secondary N) is 2. The second kappa shape index (κ2) is 6.64. The summed E-state index contributed by atoms with van der Waals surface area (Å²) >= 11 is 1.75. The number of thiophene rings is 1. The highest BCUT2D eigenvalue weighted by molar-refractivity contribution is 7.10. The smallest absolute Gasteiger partial charge is 0.270 e. The van der Waals surface area contributed by atoms with Gasteiger partial charge in [0.2, 0.25) is 0 Å². The van der Waals surface area contributed by atoms with Crippen molar-refractivity contribution in [2.75, 3.05) is 32.5 Å². The van der Waals surface area contributed by atoms with Gasteiger partial charge in [0.05, 0.1) is 6.04 Å². The van der Waals surface area contributed by atoms with Crippen molar-refractivity contribution in [1.29, 1.82) is 0 Å². The number of carbonyl (C=O) groups excluding carboxylic acids is 1. The third-order valence-corrected chi connectivity index (χ3v) is 4.93. The number of hydrogen-bond donors (Lipinski definition) is 2. The van der Waals surface area contributed by atoms with Gasteiger partial charge in [0, 0.05) is 23.5 Å². The Labute approximate surface area is 140 Å². The molecule has 23 heavy (non-hydrogen) atoms. The van der Waals surface area contributed by atoms with E-state index < -0.39 is 0 Å². The van der Waals surface area contributed by atoms with Crippen LogP contribution < -0.4 is 10.6 Å². The molecule has 122 valence electrons. The van der Waals surface area contributed by atoms with Crippen LogP contribution >= 0.6 is 11.3 Å². The van der Waals surface area contributed by atoms with Crippen molar-refractivity contribution in [1.82, 2.24) is 20.2 Å². The first-order chi connectivity index (χ1) is 11.1. The highest BCUT2D eigenvalue weighted by atomic mass is 32.1. The van der Waals surface area contributed by atoms with Crippen molar-refractivity contribution in [3.8, 4) is 0 Å². The Morgan fingerprint density at radius 3 is 2.96 bits per heavy atom. The van der Waals surface area contributed by atoms with E-state index in [1.54, 1.807) is 11.3 Å². The van der Waals surface area contributed by atoms with Crippen molar-refractivity contribution in [2.24, 2.45) is 0 Å². The largest absolute Gasteiger partial charge is 0.368 e. The average Bonchev–Trinajstić information content (AvgIpc) is 3.02. The lowest BCUT2D eigenvalue weighted by Crippen LogP contribution is -2.34. The fourth-order valence-electron chi connectivity index (χ4n) is 2.76. The van der Waals surface area contributed by atoms with E-state index in [1.165, 1.54) is 4.88 Å². The fourth-order valence-corrected chi connectivity index (χ4v) is 3.69. The number of anilines is 1. The number of hydrogen-bond acceptors (Lipinski definition) is 6. The number of amides is 1. The molecule has 1 amide bonds. The van der Waals surface area contributed by atoms with Crippen LogP contribution in [0.4, 0.5) is 5.82 Å². The van der Waals surface area contributed by atoms with E-state index in [9.17, 15) is 4.79 Å². The summed E-state index contributed by atoms with van der Waals surface area (Å²) in [5.41, 5.74) is 1.42. The van der Waals surface area contributed by atoms with Crippen LogP contribution in [0.3, 0.4) is 0 Å². The third-order valence-electron chi connectivity index (χ3n) is 3.95. The van der Waals surface area contributed by atoms with Gasteiger partial charge in [-0.15, -0.1) is 11.3 Å². The average molecular weight is 331 g/mol. The normalized spacial score (nSPS) is 15.2. The first-order valence-electron chi connectivity index (χ1n) is 7.65. The quantitative estimate of drug-likeness (QED) is 0.875. The van der Waals surface area contributed by atoms with Crippen molar-refractivity contribution >= 4 is 23.1 Å². The molecular weight excluding hydrogens is 310 g/mol. The molecule has 1 aliphatic heterocycles. The maximum absolute atomic E-state index is 12.0. The molecule has 3 rings (SSSR count). The molecule has 0 bridgehead atoms. The predicted molar refractivity (Wildman–Crippen MR) is 92.0 cm³/mol. The number of nitrogens with zero attached hydrogens (tertiary/aromatic N) is 3. The molecule has 1 atom stereocenters. The second-order valence-electron chi connectivity index (χ2n) is 5.83. The molecular formula is C16H21N5OS. The van der Waals surface area contributed by atoms with Crippen molar-refractivity contribution in [3.05, 3.63) is 39.5 Å². The van der Waals surface area contributed by atoms with Gasteiger partial charge in [0.15, 0.2) is 0 Å². The van der Waals surface area contributed by atoms with Crippen LogP contribution in [0.25, 0.3) is 0 Å². The van der Waals surface area contributed by atoms with Crippen LogP contribution in [0.1, 0.15) is 32.8 Å². The first kappa shape index (κ1) is 15.9. The molecule has 0 spiro atoms. The number of rotatable bonds is 5. The summed E-state index contributed by atoms with van der Waals surface area (Å²) in [6.45, 7) is 3.18. The molecule has 0 saturated heterocycles. The number of fused-ring (bicyclic) bond motifs is 1. The number of aromatic nitrogens is 2. The summed E-state index contributed by atoms with van der Waals surface area (Å²) in [6.07, 6.45) is 0.759. The van der Waals surface area contributed by atoms with E-state index in [-0.39, 0.29) is 11.9 Å². The number of carbonyl (C=O) groups is 1. The van der Waals surface area contributed by atoms with Crippen LogP contribution in [-0.2, 0) is 6.42 Å².